The molecule has 1 aromatic rings. The number of carbonyl (C=O) groups excluding carboxylic acids is 1. The second-order valence-electron chi connectivity index (χ2n) is 2.75. The first-order chi connectivity index (χ1) is 7.40. The molecule has 0 atom stereocenters. The van der Waals surface area contributed by atoms with Gasteiger partial charge in [0.15, 0.2) is 0 Å². The van der Waals surface area contributed by atoms with Gasteiger partial charge in [0.25, 0.3) is 0 Å². The number of rotatable bonds is 2. The first kappa shape index (κ1) is 12.8. The zero-order valence-corrected chi connectivity index (χ0v) is 9.76. The Morgan fingerprint density at radius 2 is 2.06 bits per heavy atom. The largest absolute Gasteiger partial charge is 0.416 e. The Hall–Kier alpha value is -1.30. The van der Waals surface area contributed by atoms with Gasteiger partial charge in [-0.25, -0.2) is 0 Å². The van der Waals surface area contributed by atoms with Crippen molar-refractivity contribution in [2.45, 2.75) is 6.18 Å². The molecule has 0 aliphatic heterocycles. The number of halogens is 4. The molecule has 1 aromatic carbocycles. The summed E-state index contributed by atoms with van der Waals surface area (Å²) in [4.78, 5) is 10.2. The summed E-state index contributed by atoms with van der Waals surface area (Å²) in [5.74, 6) is 0. The highest BCUT2D eigenvalue weighted by atomic mass is 127. The van der Waals surface area contributed by atoms with E-state index in [1.165, 1.54) is 0 Å². The molecule has 0 heterocycles. The lowest BCUT2D eigenvalue weighted by Gasteiger charge is -2.11. The topological polar surface area (TPSA) is 52.9 Å². The fourth-order valence-corrected chi connectivity index (χ4v) is 1.85. The van der Waals surface area contributed by atoms with Crippen LogP contribution < -0.4 is 5.32 Å². The molecule has 0 saturated carbocycles. The molecule has 0 aliphatic rings. The van der Waals surface area contributed by atoms with Crippen LogP contribution in [0.2, 0.25) is 0 Å². The number of alkyl halides is 3. The molecule has 1 amide bonds. The Labute approximate surface area is 102 Å². The second kappa shape index (κ2) is 4.69. The van der Waals surface area contributed by atoms with Gasteiger partial charge in [0.2, 0.25) is 6.41 Å². The third-order valence-corrected chi connectivity index (χ3v) is 2.59. The van der Waals surface area contributed by atoms with Crippen LogP contribution >= 0.6 is 22.6 Å². The molecular weight excluding hydrogens is 336 g/mol. The number of carbonyl (C=O) groups is 1. The van der Waals surface area contributed by atoms with Crippen LogP contribution in [0.3, 0.4) is 0 Å². The van der Waals surface area contributed by atoms with E-state index in [4.69, 9.17) is 5.26 Å². The number of anilines is 1. The van der Waals surface area contributed by atoms with Crippen LogP contribution in [0.25, 0.3) is 0 Å². The van der Waals surface area contributed by atoms with Crippen molar-refractivity contribution in [2.75, 3.05) is 5.32 Å². The van der Waals surface area contributed by atoms with E-state index in [-0.39, 0.29) is 14.8 Å². The Morgan fingerprint density at radius 1 is 1.44 bits per heavy atom. The molecule has 0 fully saturated rings. The summed E-state index contributed by atoms with van der Waals surface area (Å²) < 4.78 is 37.4. The predicted molar refractivity (Wildman–Crippen MR) is 58.6 cm³/mol. The van der Waals surface area contributed by atoms with Gasteiger partial charge in [-0.05, 0) is 34.7 Å². The lowest BCUT2D eigenvalue weighted by molar-refractivity contribution is -0.137. The molecule has 0 radical (unpaired) electrons. The lowest BCUT2D eigenvalue weighted by atomic mass is 10.1. The number of hydrogen-bond acceptors (Lipinski definition) is 2. The van der Waals surface area contributed by atoms with Crippen LogP contribution in [0.4, 0.5) is 18.9 Å². The summed E-state index contributed by atoms with van der Waals surface area (Å²) in [6, 6.07) is 3.18. The van der Waals surface area contributed by atoms with Gasteiger partial charge < -0.3 is 5.32 Å². The minimum Gasteiger partial charge on any atom is -0.327 e. The van der Waals surface area contributed by atoms with Crippen LogP contribution in [-0.2, 0) is 11.0 Å². The Bertz CT molecular complexity index is 465. The number of benzene rings is 1. The lowest BCUT2D eigenvalue weighted by Crippen LogP contribution is -2.08. The maximum absolute atomic E-state index is 12.4. The molecule has 84 valence electrons. The van der Waals surface area contributed by atoms with Gasteiger partial charge >= 0.3 is 6.18 Å². The molecule has 0 saturated heterocycles. The van der Waals surface area contributed by atoms with E-state index >= 15 is 0 Å². The monoisotopic (exact) mass is 340 g/mol. The molecular formula is C9H4F3IN2O. The number of nitrogens with one attached hydrogen (secondary N) is 1. The molecule has 1 rings (SSSR count). The zero-order valence-electron chi connectivity index (χ0n) is 7.60. The summed E-state index contributed by atoms with van der Waals surface area (Å²) in [7, 11) is 0. The van der Waals surface area contributed by atoms with Crippen molar-refractivity contribution < 1.29 is 18.0 Å². The average Bonchev–Trinajstić information content (AvgIpc) is 2.19. The quantitative estimate of drug-likeness (QED) is 0.665. The molecule has 1 N–H and O–H groups in total. The van der Waals surface area contributed by atoms with Crippen molar-refractivity contribution in [3.8, 4) is 6.07 Å². The van der Waals surface area contributed by atoms with Crippen LogP contribution in [0.5, 0.6) is 0 Å². The third kappa shape index (κ3) is 2.63. The van der Waals surface area contributed by atoms with Crippen molar-refractivity contribution in [1.82, 2.24) is 0 Å². The Kier molecular flexibility index (Phi) is 3.74. The third-order valence-electron chi connectivity index (χ3n) is 1.74. The summed E-state index contributed by atoms with van der Waals surface area (Å²) in [6.45, 7) is 0. The van der Waals surface area contributed by atoms with Crippen LogP contribution in [0.1, 0.15) is 11.1 Å². The fraction of sp³-hybridized carbons (Fsp3) is 0.111. The van der Waals surface area contributed by atoms with Gasteiger partial charge in [0, 0.05) is 3.57 Å². The van der Waals surface area contributed by atoms with Crippen LogP contribution in [0, 0.1) is 14.9 Å². The van der Waals surface area contributed by atoms with E-state index in [1.807, 2.05) is 0 Å². The van der Waals surface area contributed by atoms with Gasteiger partial charge in [-0.2, -0.15) is 18.4 Å². The van der Waals surface area contributed by atoms with Gasteiger partial charge in [0.05, 0.1) is 16.8 Å². The highest BCUT2D eigenvalue weighted by molar-refractivity contribution is 14.1. The molecule has 0 aliphatic carbocycles. The Morgan fingerprint density at radius 3 is 2.50 bits per heavy atom. The van der Waals surface area contributed by atoms with E-state index in [0.29, 0.717) is 12.5 Å². The van der Waals surface area contributed by atoms with Crippen LogP contribution in [0.15, 0.2) is 12.1 Å². The number of hydrogen-bond donors (Lipinski definition) is 1. The van der Waals surface area contributed by atoms with Gasteiger partial charge in [-0.15, -0.1) is 0 Å². The highest BCUT2D eigenvalue weighted by Crippen LogP contribution is 2.34. The number of nitriles is 1. The van der Waals surface area contributed by atoms with Gasteiger partial charge in [-0.1, -0.05) is 0 Å². The normalized spacial score (nSPS) is 10.7. The highest BCUT2D eigenvalue weighted by Gasteiger charge is 2.32. The summed E-state index contributed by atoms with van der Waals surface area (Å²) >= 11 is 1.63. The molecule has 0 aromatic heterocycles. The molecule has 0 bridgehead atoms. The van der Waals surface area contributed by atoms with E-state index in [0.717, 1.165) is 6.07 Å². The van der Waals surface area contributed by atoms with Crippen molar-refractivity contribution in [3.63, 3.8) is 0 Å². The number of amides is 1. The van der Waals surface area contributed by atoms with E-state index in [1.54, 1.807) is 28.7 Å². The second-order valence-corrected chi connectivity index (χ2v) is 3.91. The maximum atomic E-state index is 12.4. The summed E-state index contributed by atoms with van der Waals surface area (Å²) in [5.41, 5.74) is -1.04. The fourth-order valence-electron chi connectivity index (χ4n) is 1.06. The van der Waals surface area contributed by atoms with Crippen LogP contribution in [-0.4, -0.2) is 6.41 Å². The van der Waals surface area contributed by atoms with Crippen molar-refractivity contribution in [3.05, 3.63) is 26.8 Å². The first-order valence-electron chi connectivity index (χ1n) is 3.91. The smallest absolute Gasteiger partial charge is 0.327 e. The maximum Gasteiger partial charge on any atom is 0.416 e. The standard InChI is InChI=1S/C9H4F3IN2O/c10-9(11,12)6-1-5(3-14)8(15-4-16)7(13)2-6/h1-2,4H,(H,15,16). The first-order valence-corrected chi connectivity index (χ1v) is 4.99. The van der Waals surface area contributed by atoms with E-state index in [9.17, 15) is 18.0 Å². The summed E-state index contributed by atoms with van der Waals surface area (Å²) in [6.07, 6.45) is -4.20. The van der Waals surface area contributed by atoms with Crippen molar-refractivity contribution in [1.29, 1.82) is 5.26 Å². The Balaban J connectivity index is 3.39. The zero-order chi connectivity index (χ0) is 12.3. The summed E-state index contributed by atoms with van der Waals surface area (Å²) in [5, 5.41) is 10.9. The van der Waals surface area contributed by atoms with E-state index < -0.39 is 11.7 Å². The van der Waals surface area contributed by atoms with E-state index in [2.05, 4.69) is 5.32 Å². The minimum absolute atomic E-state index is 0.0890. The molecule has 16 heavy (non-hydrogen) atoms. The minimum atomic E-state index is -4.51. The number of nitrogens with zero attached hydrogens (tertiary/aromatic N) is 1. The van der Waals surface area contributed by atoms with Crippen molar-refractivity contribution in [2.24, 2.45) is 0 Å². The molecule has 0 spiro atoms. The molecule has 0 unspecified atom stereocenters. The average molecular weight is 340 g/mol. The molecule has 3 nitrogen and oxygen atoms in total. The molecule has 7 heteroatoms. The van der Waals surface area contributed by atoms with Crippen molar-refractivity contribution >= 4 is 34.7 Å². The predicted octanol–water partition coefficient (Wildman–Crippen LogP) is 2.75. The van der Waals surface area contributed by atoms with Gasteiger partial charge in [-0.3, -0.25) is 4.79 Å². The SMILES string of the molecule is N#Cc1cc(C(F)(F)F)cc(I)c1NC=O. The van der Waals surface area contributed by atoms with Gasteiger partial charge in [0.1, 0.15) is 6.07 Å².